The first-order chi connectivity index (χ1) is 13.1. The van der Waals surface area contributed by atoms with E-state index in [1.165, 1.54) is 0 Å². The fourth-order valence-electron chi connectivity index (χ4n) is 3.78. The molecule has 4 heterocycles. The second-order valence-corrected chi connectivity index (χ2v) is 7.57. The molecule has 0 N–H and O–H groups in total. The highest BCUT2D eigenvalue weighted by atomic mass is 16.1. The molecule has 3 aromatic rings. The molecule has 1 aliphatic heterocycles. The number of nitrogens with zero attached hydrogens (tertiary/aromatic N) is 5. The molecule has 140 valence electrons. The van der Waals surface area contributed by atoms with Gasteiger partial charge < -0.3 is 4.90 Å². The van der Waals surface area contributed by atoms with Crippen LogP contribution in [0.3, 0.4) is 0 Å². The smallest absolute Gasteiger partial charge is 0.141 e. The highest BCUT2D eigenvalue weighted by Crippen LogP contribution is 2.23. The predicted octanol–water partition coefficient (Wildman–Crippen LogP) is 2.87. The lowest BCUT2D eigenvalue weighted by Gasteiger charge is -2.14. The van der Waals surface area contributed by atoms with Crippen LogP contribution in [0, 0.1) is 5.92 Å². The van der Waals surface area contributed by atoms with Crippen molar-refractivity contribution in [2.75, 3.05) is 20.1 Å². The van der Waals surface area contributed by atoms with Crippen LogP contribution in [0.5, 0.6) is 0 Å². The van der Waals surface area contributed by atoms with Gasteiger partial charge in [0.1, 0.15) is 5.78 Å². The van der Waals surface area contributed by atoms with E-state index < -0.39 is 0 Å². The van der Waals surface area contributed by atoms with Gasteiger partial charge in [-0.2, -0.15) is 5.10 Å². The average Bonchev–Trinajstić information content (AvgIpc) is 2.98. The zero-order valence-corrected chi connectivity index (χ0v) is 15.9. The minimum absolute atomic E-state index is 0.163. The Morgan fingerprint density at radius 3 is 2.74 bits per heavy atom. The molecule has 1 fully saturated rings. The minimum atomic E-state index is 0.163. The van der Waals surface area contributed by atoms with E-state index in [0.717, 1.165) is 60.1 Å². The number of carbonyl (C=O) groups is 1. The summed E-state index contributed by atoms with van der Waals surface area (Å²) in [6.07, 6.45) is 10.9. The zero-order valence-electron chi connectivity index (χ0n) is 15.9. The lowest BCUT2D eigenvalue weighted by atomic mass is 9.92. The SMILES string of the molecule is CN1CCCC(C(=O)Cc2cc3cc(-c4cnn(C)c4)ncc3cn2)CC1. The molecule has 0 radical (unpaired) electrons. The predicted molar refractivity (Wildman–Crippen MR) is 105 cm³/mol. The molecule has 3 aromatic heterocycles. The molecular weight excluding hydrogens is 338 g/mol. The highest BCUT2D eigenvalue weighted by Gasteiger charge is 2.22. The summed E-state index contributed by atoms with van der Waals surface area (Å²) in [5, 5.41) is 6.25. The molecule has 27 heavy (non-hydrogen) atoms. The Kier molecular flexibility index (Phi) is 4.99. The summed E-state index contributed by atoms with van der Waals surface area (Å²) in [7, 11) is 4.02. The van der Waals surface area contributed by atoms with E-state index in [4.69, 9.17) is 0 Å². The molecule has 1 unspecified atom stereocenters. The molecular formula is C21H25N5O. The quantitative estimate of drug-likeness (QED) is 0.713. The number of rotatable bonds is 4. The van der Waals surface area contributed by atoms with Gasteiger partial charge >= 0.3 is 0 Å². The monoisotopic (exact) mass is 363 g/mol. The van der Waals surface area contributed by atoms with Crippen molar-refractivity contribution in [3.05, 3.63) is 42.6 Å². The fourth-order valence-corrected chi connectivity index (χ4v) is 3.78. The molecule has 6 nitrogen and oxygen atoms in total. The summed E-state index contributed by atoms with van der Waals surface area (Å²) in [6, 6.07) is 4.07. The van der Waals surface area contributed by atoms with E-state index >= 15 is 0 Å². The van der Waals surface area contributed by atoms with Gasteiger partial charge in [-0.15, -0.1) is 0 Å². The van der Waals surface area contributed by atoms with Gasteiger partial charge in [0.25, 0.3) is 0 Å². The van der Waals surface area contributed by atoms with Gasteiger partial charge in [-0.1, -0.05) is 0 Å². The molecule has 1 aliphatic rings. The first kappa shape index (κ1) is 17.8. The van der Waals surface area contributed by atoms with E-state index in [1.807, 2.05) is 44.0 Å². The van der Waals surface area contributed by atoms with Crippen molar-refractivity contribution in [1.29, 1.82) is 0 Å². The van der Waals surface area contributed by atoms with Crippen molar-refractivity contribution >= 4 is 16.6 Å². The third kappa shape index (κ3) is 4.06. The van der Waals surface area contributed by atoms with Crippen LogP contribution in [0.15, 0.2) is 36.9 Å². The first-order valence-electron chi connectivity index (χ1n) is 9.53. The molecule has 0 spiro atoms. The second-order valence-electron chi connectivity index (χ2n) is 7.57. The number of Topliss-reactive ketones (excluding diaryl/α,β-unsaturated/α-hetero) is 1. The van der Waals surface area contributed by atoms with Crippen molar-refractivity contribution in [2.24, 2.45) is 13.0 Å². The number of aromatic nitrogens is 4. The zero-order chi connectivity index (χ0) is 18.8. The summed E-state index contributed by atoms with van der Waals surface area (Å²) in [6.45, 7) is 2.09. The Morgan fingerprint density at radius 2 is 1.93 bits per heavy atom. The van der Waals surface area contributed by atoms with E-state index in [-0.39, 0.29) is 5.92 Å². The minimum Gasteiger partial charge on any atom is -0.306 e. The first-order valence-corrected chi connectivity index (χ1v) is 9.53. The van der Waals surface area contributed by atoms with Gasteiger partial charge in [0.2, 0.25) is 0 Å². The van der Waals surface area contributed by atoms with Gasteiger partial charge in [-0.05, 0) is 56.9 Å². The van der Waals surface area contributed by atoms with Crippen molar-refractivity contribution in [3.63, 3.8) is 0 Å². The van der Waals surface area contributed by atoms with Crippen LogP contribution in [-0.4, -0.2) is 50.6 Å². The fraction of sp³-hybridized carbons (Fsp3) is 0.429. The number of hydrogen-bond donors (Lipinski definition) is 0. The van der Waals surface area contributed by atoms with Crippen LogP contribution in [0.4, 0.5) is 0 Å². The Balaban J connectivity index is 1.54. The maximum absolute atomic E-state index is 12.8. The number of ketones is 1. The lowest BCUT2D eigenvalue weighted by molar-refractivity contribution is -0.122. The Bertz CT molecular complexity index is 964. The van der Waals surface area contributed by atoms with E-state index in [9.17, 15) is 4.79 Å². The van der Waals surface area contributed by atoms with Gasteiger partial charge in [0, 0.05) is 54.6 Å². The van der Waals surface area contributed by atoms with Gasteiger partial charge in [0.05, 0.1) is 11.9 Å². The van der Waals surface area contributed by atoms with Crippen LogP contribution in [0.25, 0.3) is 22.0 Å². The van der Waals surface area contributed by atoms with E-state index in [0.29, 0.717) is 12.2 Å². The highest BCUT2D eigenvalue weighted by molar-refractivity contribution is 5.87. The summed E-state index contributed by atoms with van der Waals surface area (Å²) >= 11 is 0. The number of likely N-dealkylation sites (tertiary alicyclic amines) is 1. The van der Waals surface area contributed by atoms with Gasteiger partial charge in [-0.3, -0.25) is 19.4 Å². The molecule has 0 aliphatic carbocycles. The summed E-state index contributed by atoms with van der Waals surface area (Å²) < 4.78 is 1.77. The molecule has 1 atom stereocenters. The molecule has 6 heteroatoms. The number of hydrogen-bond acceptors (Lipinski definition) is 5. The van der Waals surface area contributed by atoms with Crippen LogP contribution < -0.4 is 0 Å². The number of aryl methyl sites for hydroxylation is 1. The van der Waals surface area contributed by atoms with Crippen molar-refractivity contribution in [1.82, 2.24) is 24.6 Å². The third-order valence-electron chi connectivity index (χ3n) is 5.42. The van der Waals surface area contributed by atoms with Crippen molar-refractivity contribution in [2.45, 2.75) is 25.7 Å². The second kappa shape index (κ2) is 7.56. The van der Waals surface area contributed by atoms with Crippen LogP contribution in [0.1, 0.15) is 25.0 Å². The molecule has 0 amide bonds. The molecule has 0 saturated carbocycles. The number of pyridine rings is 2. The summed E-state index contributed by atoms with van der Waals surface area (Å²) in [5.41, 5.74) is 2.70. The Hall–Kier alpha value is -2.60. The largest absolute Gasteiger partial charge is 0.306 e. The van der Waals surface area contributed by atoms with Crippen LogP contribution in [0.2, 0.25) is 0 Å². The maximum atomic E-state index is 12.8. The van der Waals surface area contributed by atoms with Crippen LogP contribution >= 0.6 is 0 Å². The van der Waals surface area contributed by atoms with E-state index in [1.54, 1.807) is 4.68 Å². The number of fused-ring (bicyclic) bond motifs is 1. The molecule has 1 saturated heterocycles. The Labute approximate surface area is 159 Å². The average molecular weight is 363 g/mol. The Morgan fingerprint density at radius 1 is 1.07 bits per heavy atom. The lowest BCUT2D eigenvalue weighted by Crippen LogP contribution is -2.21. The van der Waals surface area contributed by atoms with E-state index in [2.05, 4.69) is 27.0 Å². The summed E-state index contributed by atoms with van der Waals surface area (Å²) in [4.78, 5) is 24.1. The van der Waals surface area contributed by atoms with Gasteiger partial charge in [-0.25, -0.2) is 0 Å². The molecule has 0 aromatic carbocycles. The summed E-state index contributed by atoms with van der Waals surface area (Å²) in [5.74, 6) is 0.481. The van der Waals surface area contributed by atoms with Crippen molar-refractivity contribution < 1.29 is 4.79 Å². The number of carbonyl (C=O) groups excluding carboxylic acids is 1. The van der Waals surface area contributed by atoms with Crippen LogP contribution in [-0.2, 0) is 18.3 Å². The maximum Gasteiger partial charge on any atom is 0.141 e. The molecule has 0 bridgehead atoms. The normalized spacial score (nSPS) is 18.5. The van der Waals surface area contributed by atoms with Crippen molar-refractivity contribution in [3.8, 4) is 11.3 Å². The standard InChI is InChI=1S/C21H25N5O/c1-25-6-3-4-15(5-7-25)21(27)10-19-8-16-9-20(18-13-24-26(2)14-18)23-12-17(16)11-22-19/h8-9,11-15H,3-7,10H2,1-2H3. The van der Waals surface area contributed by atoms with Gasteiger partial charge in [0.15, 0.2) is 0 Å². The third-order valence-corrected chi connectivity index (χ3v) is 5.42. The molecule has 4 rings (SSSR count). The topological polar surface area (TPSA) is 63.9 Å².